The Kier molecular flexibility index (Phi) is 6.69. The van der Waals surface area contributed by atoms with E-state index in [9.17, 15) is 35.9 Å². The van der Waals surface area contributed by atoms with Crippen LogP contribution in [0.15, 0.2) is 21.1 Å². The van der Waals surface area contributed by atoms with Gasteiger partial charge in [-0.3, -0.25) is 9.59 Å². The molecular formula is C15H8Br2F6N2O3S. The van der Waals surface area contributed by atoms with E-state index in [-0.39, 0.29) is 19.6 Å². The Bertz CT molecular complexity index is 951. The molecule has 0 fully saturated rings. The van der Waals surface area contributed by atoms with E-state index in [2.05, 4.69) is 41.6 Å². The van der Waals surface area contributed by atoms with Crippen LogP contribution >= 0.6 is 43.2 Å². The maximum Gasteiger partial charge on any atom is 0.573 e. The number of aromatic nitrogens is 1. The third kappa shape index (κ3) is 5.48. The first kappa shape index (κ1) is 23.6. The molecule has 1 aromatic heterocycles. The van der Waals surface area contributed by atoms with Crippen LogP contribution in [0.25, 0.3) is 0 Å². The van der Waals surface area contributed by atoms with Crippen LogP contribution < -0.4 is 9.64 Å². The van der Waals surface area contributed by atoms with Crippen molar-refractivity contribution in [3.63, 3.8) is 0 Å². The molecule has 2 amide bonds. The lowest BCUT2D eigenvalue weighted by molar-refractivity contribution is -0.274. The summed E-state index contributed by atoms with van der Waals surface area (Å²) in [7, 11) is 0. The Morgan fingerprint density at radius 3 is 2.03 bits per heavy atom. The lowest BCUT2D eigenvalue weighted by atomic mass is 10.2. The summed E-state index contributed by atoms with van der Waals surface area (Å²) in [4.78, 5) is 27.8. The number of thiazole rings is 1. The van der Waals surface area contributed by atoms with Gasteiger partial charge in [-0.25, -0.2) is 9.88 Å². The number of hydrogen-bond acceptors (Lipinski definition) is 5. The van der Waals surface area contributed by atoms with Gasteiger partial charge in [-0.15, -0.1) is 24.5 Å². The number of amides is 2. The maximum absolute atomic E-state index is 13.2. The molecule has 0 atom stereocenters. The van der Waals surface area contributed by atoms with E-state index >= 15 is 0 Å². The third-order valence-corrected chi connectivity index (χ3v) is 5.33. The van der Waals surface area contributed by atoms with E-state index < -0.39 is 40.7 Å². The number of benzene rings is 1. The van der Waals surface area contributed by atoms with E-state index in [0.717, 1.165) is 19.1 Å². The molecule has 0 bridgehead atoms. The van der Waals surface area contributed by atoms with Crippen molar-refractivity contribution in [3.8, 4) is 5.75 Å². The van der Waals surface area contributed by atoms with Gasteiger partial charge in [0.2, 0.25) is 5.91 Å². The summed E-state index contributed by atoms with van der Waals surface area (Å²) in [6.07, 6.45) is -9.95. The molecule has 0 aliphatic heterocycles. The Morgan fingerprint density at radius 1 is 1.10 bits per heavy atom. The zero-order chi connectivity index (χ0) is 22.3. The van der Waals surface area contributed by atoms with Gasteiger partial charge in [0.05, 0.1) is 10.7 Å². The number of alkyl halides is 6. The SMILES string of the molecule is CC(=O)N(C(=O)c1sc(C)nc1C(F)(F)F)c1c(Br)cc(OC(F)(F)F)cc1Br. The summed E-state index contributed by atoms with van der Waals surface area (Å²) in [5.41, 5.74) is -1.75. The molecule has 2 rings (SSSR count). The number of imide groups is 1. The summed E-state index contributed by atoms with van der Waals surface area (Å²) in [6, 6.07) is 1.64. The third-order valence-electron chi connectivity index (χ3n) is 3.16. The van der Waals surface area contributed by atoms with Crippen LogP contribution in [0.4, 0.5) is 32.0 Å². The standard InChI is InChI=1S/C15H8Br2F6N2O3S/c1-5-24-12(14(18,19)20)11(29-5)13(27)25(6(2)26)10-8(16)3-7(4-9(10)17)28-15(21,22)23/h3-4H,1-2H3. The predicted molar refractivity (Wildman–Crippen MR) is 97.9 cm³/mol. The molecule has 0 unspecified atom stereocenters. The van der Waals surface area contributed by atoms with Gasteiger partial charge in [0.15, 0.2) is 5.69 Å². The lowest BCUT2D eigenvalue weighted by Crippen LogP contribution is -2.36. The van der Waals surface area contributed by atoms with Gasteiger partial charge < -0.3 is 4.74 Å². The smallest absolute Gasteiger partial charge is 0.406 e. The van der Waals surface area contributed by atoms with Crippen LogP contribution in [0.3, 0.4) is 0 Å². The largest absolute Gasteiger partial charge is 0.573 e. The average molecular weight is 570 g/mol. The van der Waals surface area contributed by atoms with Crippen molar-refractivity contribution in [3.05, 3.63) is 36.7 Å². The fraction of sp³-hybridized carbons (Fsp3) is 0.267. The van der Waals surface area contributed by atoms with Gasteiger partial charge in [-0.05, 0) is 50.9 Å². The molecule has 1 heterocycles. The quantitative estimate of drug-likeness (QED) is 0.420. The van der Waals surface area contributed by atoms with Crippen molar-refractivity contribution in [2.75, 3.05) is 4.90 Å². The van der Waals surface area contributed by atoms with Crippen molar-refractivity contribution in [1.29, 1.82) is 0 Å². The molecule has 29 heavy (non-hydrogen) atoms. The normalized spacial score (nSPS) is 12.1. The van der Waals surface area contributed by atoms with Gasteiger partial charge in [0, 0.05) is 15.9 Å². The number of carbonyl (C=O) groups excluding carboxylic acids is 2. The fourth-order valence-corrected chi connectivity index (χ4v) is 4.58. The summed E-state index contributed by atoms with van der Waals surface area (Å²) in [6.45, 7) is 2.17. The van der Waals surface area contributed by atoms with Crippen LogP contribution in [-0.2, 0) is 11.0 Å². The summed E-state index contributed by atoms with van der Waals surface area (Å²) < 4.78 is 80.2. The minimum Gasteiger partial charge on any atom is -0.406 e. The van der Waals surface area contributed by atoms with E-state index in [0.29, 0.717) is 16.2 Å². The van der Waals surface area contributed by atoms with Gasteiger partial charge >= 0.3 is 12.5 Å². The molecule has 0 aliphatic carbocycles. The minimum atomic E-state index is -5.00. The molecule has 0 saturated carbocycles. The molecule has 0 aliphatic rings. The zero-order valence-electron chi connectivity index (χ0n) is 14.2. The van der Waals surface area contributed by atoms with Gasteiger partial charge in [-0.1, -0.05) is 0 Å². The highest BCUT2D eigenvalue weighted by molar-refractivity contribution is 9.11. The molecule has 0 spiro atoms. The van der Waals surface area contributed by atoms with Crippen LogP contribution in [0, 0.1) is 6.92 Å². The van der Waals surface area contributed by atoms with E-state index in [1.807, 2.05) is 0 Å². The zero-order valence-corrected chi connectivity index (χ0v) is 18.2. The number of rotatable bonds is 3. The highest BCUT2D eigenvalue weighted by atomic mass is 79.9. The highest BCUT2D eigenvalue weighted by Crippen LogP contribution is 2.42. The number of aryl methyl sites for hydroxylation is 1. The van der Waals surface area contributed by atoms with Crippen LogP contribution in [-0.4, -0.2) is 23.2 Å². The first-order chi connectivity index (χ1) is 13.1. The van der Waals surface area contributed by atoms with Gasteiger partial charge in [0.1, 0.15) is 10.6 Å². The summed E-state index contributed by atoms with van der Waals surface area (Å²) in [5.74, 6) is -2.98. The van der Waals surface area contributed by atoms with Gasteiger partial charge in [-0.2, -0.15) is 13.2 Å². The lowest BCUT2D eigenvalue weighted by Gasteiger charge is -2.23. The molecule has 2 aromatic rings. The molecule has 0 saturated heterocycles. The second-order valence-electron chi connectivity index (χ2n) is 5.35. The number of hydrogen-bond donors (Lipinski definition) is 0. The number of nitrogens with zero attached hydrogens (tertiary/aromatic N) is 2. The Labute approximate surface area is 179 Å². The highest BCUT2D eigenvalue weighted by Gasteiger charge is 2.41. The summed E-state index contributed by atoms with van der Waals surface area (Å²) >= 11 is 6.28. The topological polar surface area (TPSA) is 59.5 Å². The number of anilines is 1. The maximum atomic E-state index is 13.2. The van der Waals surface area contributed by atoms with Crippen LogP contribution in [0.2, 0.25) is 0 Å². The molecule has 5 nitrogen and oxygen atoms in total. The first-order valence-corrected chi connectivity index (χ1v) is 9.66. The minimum absolute atomic E-state index is 0.0590. The second-order valence-corrected chi connectivity index (χ2v) is 8.26. The van der Waals surface area contributed by atoms with Crippen molar-refractivity contribution in [1.82, 2.24) is 4.98 Å². The van der Waals surface area contributed by atoms with E-state index in [1.54, 1.807) is 0 Å². The predicted octanol–water partition coefficient (Wildman–Crippen LogP) is 6.09. The molecule has 0 radical (unpaired) electrons. The first-order valence-electron chi connectivity index (χ1n) is 7.26. The molecular weight excluding hydrogens is 562 g/mol. The molecule has 0 N–H and O–H groups in total. The van der Waals surface area contributed by atoms with Crippen molar-refractivity contribution >= 4 is 60.7 Å². The van der Waals surface area contributed by atoms with E-state index in [4.69, 9.17) is 0 Å². The number of halogens is 8. The average Bonchev–Trinajstić information content (AvgIpc) is 2.90. The summed E-state index contributed by atoms with van der Waals surface area (Å²) in [5, 5.41) is -0.0590. The Hall–Kier alpha value is -1.67. The Balaban J connectivity index is 2.59. The molecule has 14 heteroatoms. The van der Waals surface area contributed by atoms with Crippen LogP contribution in [0.5, 0.6) is 5.75 Å². The monoisotopic (exact) mass is 568 g/mol. The van der Waals surface area contributed by atoms with E-state index in [1.165, 1.54) is 6.92 Å². The number of ether oxygens (including phenoxy) is 1. The van der Waals surface area contributed by atoms with Crippen molar-refractivity contribution < 1.29 is 40.7 Å². The second kappa shape index (κ2) is 8.22. The molecule has 1 aromatic carbocycles. The number of carbonyl (C=O) groups is 2. The van der Waals surface area contributed by atoms with Crippen molar-refractivity contribution in [2.45, 2.75) is 26.4 Å². The molecule has 158 valence electrons. The van der Waals surface area contributed by atoms with Crippen LogP contribution in [0.1, 0.15) is 27.3 Å². The van der Waals surface area contributed by atoms with Gasteiger partial charge in [0.25, 0.3) is 5.91 Å². The van der Waals surface area contributed by atoms with Crippen molar-refractivity contribution in [2.24, 2.45) is 0 Å². The fourth-order valence-electron chi connectivity index (χ4n) is 2.22. The Morgan fingerprint density at radius 2 is 1.62 bits per heavy atom.